The van der Waals surface area contributed by atoms with Crippen LogP contribution in [0.1, 0.15) is 16.7 Å². The first-order valence-corrected chi connectivity index (χ1v) is 9.34. The minimum atomic E-state index is -0.641. The lowest BCUT2D eigenvalue weighted by Gasteiger charge is -2.06. The smallest absolute Gasteiger partial charge is 0.271 e. The van der Waals surface area contributed by atoms with Crippen LogP contribution in [0.15, 0.2) is 78.4 Å². The van der Waals surface area contributed by atoms with Crippen LogP contribution in [0.5, 0.6) is 0 Å². The van der Waals surface area contributed by atoms with E-state index in [2.05, 4.69) is 5.32 Å². The van der Waals surface area contributed by atoms with Gasteiger partial charge >= 0.3 is 0 Å². The van der Waals surface area contributed by atoms with Crippen molar-refractivity contribution in [2.24, 2.45) is 0 Å². The molecule has 0 aliphatic rings. The zero-order chi connectivity index (χ0) is 21.5. The van der Waals surface area contributed by atoms with E-state index in [0.717, 1.165) is 11.1 Å². The van der Waals surface area contributed by atoms with Gasteiger partial charge in [0.1, 0.15) is 11.6 Å². The van der Waals surface area contributed by atoms with E-state index in [4.69, 9.17) is 11.6 Å². The van der Waals surface area contributed by atoms with E-state index in [0.29, 0.717) is 17.0 Å². The summed E-state index contributed by atoms with van der Waals surface area (Å²) in [5.74, 6) is -0.641. The number of hydrogen-bond acceptors (Lipinski definition) is 4. The fourth-order valence-electron chi connectivity index (χ4n) is 2.80. The topological polar surface area (TPSA) is 96.0 Å². The fourth-order valence-corrected chi connectivity index (χ4v) is 3.01. The van der Waals surface area contributed by atoms with E-state index in [1.807, 2.05) is 54.6 Å². The minimum Gasteiger partial charge on any atom is -0.321 e. The Labute approximate surface area is 178 Å². The second kappa shape index (κ2) is 9.50. The minimum absolute atomic E-state index is 0.111. The van der Waals surface area contributed by atoms with Crippen molar-refractivity contribution in [3.63, 3.8) is 0 Å². The Hall–Kier alpha value is -3.95. The first kappa shape index (κ1) is 20.8. The molecule has 3 rings (SSSR count). The number of carbonyl (C=O) groups excluding carboxylic acids is 1. The van der Waals surface area contributed by atoms with Crippen LogP contribution in [0.25, 0.3) is 6.08 Å². The van der Waals surface area contributed by atoms with Crippen LogP contribution in [0.3, 0.4) is 0 Å². The second-order valence-electron chi connectivity index (χ2n) is 6.44. The monoisotopic (exact) mass is 417 g/mol. The van der Waals surface area contributed by atoms with Crippen LogP contribution in [0, 0.1) is 21.4 Å². The molecule has 0 spiro atoms. The highest BCUT2D eigenvalue weighted by molar-refractivity contribution is 6.31. The number of halogens is 1. The third-order valence-corrected chi connectivity index (χ3v) is 4.69. The molecule has 0 radical (unpaired) electrons. The first-order chi connectivity index (χ1) is 14.5. The van der Waals surface area contributed by atoms with Gasteiger partial charge in [0, 0.05) is 22.8 Å². The Morgan fingerprint density at radius 3 is 2.50 bits per heavy atom. The molecule has 0 bridgehead atoms. The average Bonchev–Trinajstić information content (AvgIpc) is 2.75. The van der Waals surface area contributed by atoms with Crippen molar-refractivity contribution in [1.82, 2.24) is 0 Å². The molecule has 30 heavy (non-hydrogen) atoms. The van der Waals surface area contributed by atoms with Gasteiger partial charge in [-0.1, -0.05) is 60.1 Å². The molecular weight excluding hydrogens is 402 g/mol. The quantitative estimate of drug-likeness (QED) is 0.252. The summed E-state index contributed by atoms with van der Waals surface area (Å²) in [5, 5.41) is 23.4. The molecule has 6 nitrogen and oxygen atoms in total. The summed E-state index contributed by atoms with van der Waals surface area (Å²) in [5.41, 5.74) is 2.72. The number of nitro benzene ring substituents is 1. The summed E-state index contributed by atoms with van der Waals surface area (Å²) in [6.07, 6.45) is 2.13. The van der Waals surface area contributed by atoms with E-state index in [9.17, 15) is 20.2 Å². The van der Waals surface area contributed by atoms with Gasteiger partial charge in [0.05, 0.1) is 4.92 Å². The molecule has 0 atom stereocenters. The normalized spacial score (nSPS) is 10.9. The Morgan fingerprint density at radius 1 is 1.10 bits per heavy atom. The van der Waals surface area contributed by atoms with Gasteiger partial charge in [-0.25, -0.2) is 0 Å². The number of nitrogens with one attached hydrogen (secondary N) is 1. The van der Waals surface area contributed by atoms with Crippen molar-refractivity contribution in [1.29, 1.82) is 5.26 Å². The van der Waals surface area contributed by atoms with Gasteiger partial charge in [-0.3, -0.25) is 14.9 Å². The Kier molecular flexibility index (Phi) is 6.58. The number of carbonyl (C=O) groups is 1. The molecule has 0 heterocycles. The third kappa shape index (κ3) is 5.31. The number of nitro groups is 1. The highest BCUT2D eigenvalue weighted by Crippen LogP contribution is 2.20. The number of nitrogens with zero attached hydrogens (tertiary/aromatic N) is 2. The van der Waals surface area contributed by atoms with Gasteiger partial charge < -0.3 is 5.32 Å². The zero-order valence-corrected chi connectivity index (χ0v) is 16.5. The lowest BCUT2D eigenvalue weighted by Crippen LogP contribution is -2.13. The van der Waals surface area contributed by atoms with Crippen molar-refractivity contribution in [2.75, 3.05) is 5.32 Å². The predicted octanol–water partition coefficient (Wildman–Crippen LogP) is 5.38. The van der Waals surface area contributed by atoms with Gasteiger partial charge in [0.2, 0.25) is 0 Å². The number of nitriles is 1. The van der Waals surface area contributed by atoms with Crippen LogP contribution < -0.4 is 5.32 Å². The van der Waals surface area contributed by atoms with Crippen LogP contribution >= 0.6 is 11.6 Å². The number of amides is 1. The van der Waals surface area contributed by atoms with Crippen LogP contribution in [-0.4, -0.2) is 10.8 Å². The number of anilines is 1. The van der Waals surface area contributed by atoms with E-state index in [-0.39, 0.29) is 16.9 Å². The fraction of sp³-hybridized carbons (Fsp3) is 0.0435. The maximum Gasteiger partial charge on any atom is 0.271 e. The first-order valence-electron chi connectivity index (χ1n) is 8.96. The van der Waals surface area contributed by atoms with Gasteiger partial charge in [-0.15, -0.1) is 0 Å². The third-order valence-electron chi connectivity index (χ3n) is 4.32. The van der Waals surface area contributed by atoms with Crippen LogP contribution in [0.2, 0.25) is 5.02 Å². The molecule has 0 saturated carbocycles. The highest BCUT2D eigenvalue weighted by Gasteiger charge is 2.12. The lowest BCUT2D eigenvalue weighted by atomic mass is 10.0. The van der Waals surface area contributed by atoms with Crippen molar-refractivity contribution in [3.8, 4) is 6.07 Å². The lowest BCUT2D eigenvalue weighted by molar-refractivity contribution is -0.384. The second-order valence-corrected chi connectivity index (χ2v) is 6.85. The summed E-state index contributed by atoms with van der Waals surface area (Å²) in [7, 11) is 0. The van der Waals surface area contributed by atoms with Crippen molar-refractivity contribution < 1.29 is 9.72 Å². The molecule has 3 aromatic rings. The molecule has 0 aliphatic heterocycles. The zero-order valence-electron chi connectivity index (χ0n) is 15.7. The summed E-state index contributed by atoms with van der Waals surface area (Å²) < 4.78 is 0. The van der Waals surface area contributed by atoms with E-state index >= 15 is 0 Å². The summed E-state index contributed by atoms with van der Waals surface area (Å²) in [6.45, 7) is 0. The van der Waals surface area contributed by atoms with Crippen LogP contribution in [0.4, 0.5) is 11.4 Å². The Bertz CT molecular complexity index is 1160. The molecule has 3 aromatic carbocycles. The molecule has 1 amide bonds. The van der Waals surface area contributed by atoms with Gasteiger partial charge in [0.15, 0.2) is 0 Å². The Balaban J connectivity index is 1.73. The van der Waals surface area contributed by atoms with Crippen LogP contribution in [-0.2, 0) is 11.2 Å². The van der Waals surface area contributed by atoms with E-state index in [1.165, 1.54) is 30.3 Å². The van der Waals surface area contributed by atoms with Crippen molar-refractivity contribution in [3.05, 3.63) is 110 Å². The molecule has 0 saturated heterocycles. The molecule has 0 aliphatic carbocycles. The van der Waals surface area contributed by atoms with Gasteiger partial charge in [0.25, 0.3) is 11.6 Å². The maximum atomic E-state index is 12.4. The molecule has 148 valence electrons. The van der Waals surface area contributed by atoms with Gasteiger partial charge in [-0.2, -0.15) is 5.26 Å². The molecule has 0 fully saturated rings. The summed E-state index contributed by atoms with van der Waals surface area (Å²) in [4.78, 5) is 22.7. The number of hydrogen-bond donors (Lipinski definition) is 1. The average molecular weight is 418 g/mol. The number of benzene rings is 3. The van der Waals surface area contributed by atoms with E-state index in [1.54, 1.807) is 0 Å². The molecule has 7 heteroatoms. The maximum absolute atomic E-state index is 12.4. The summed E-state index contributed by atoms with van der Waals surface area (Å²) >= 11 is 6.19. The molecule has 0 aromatic heterocycles. The molecule has 1 N–H and O–H groups in total. The molecular formula is C23H16ClN3O3. The predicted molar refractivity (Wildman–Crippen MR) is 116 cm³/mol. The van der Waals surface area contributed by atoms with Crippen molar-refractivity contribution >= 4 is 35.0 Å². The highest BCUT2D eigenvalue weighted by atomic mass is 35.5. The number of rotatable bonds is 6. The largest absolute Gasteiger partial charge is 0.321 e. The standard InChI is InChI=1S/C23H16ClN3O3/c24-22-7-2-1-4-18(22)12-16-8-10-17(11-9-16)13-19(15-25)23(28)26-20-5-3-6-21(14-20)27(29)30/h1-11,13-14H,12H2,(H,26,28)/b19-13+. The van der Waals surface area contributed by atoms with Crippen molar-refractivity contribution in [2.45, 2.75) is 6.42 Å². The SMILES string of the molecule is N#C/C(=C\c1ccc(Cc2ccccc2Cl)cc1)C(=O)Nc1cccc([N+](=O)[O-])c1. The number of non-ortho nitro benzene ring substituents is 1. The van der Waals surface area contributed by atoms with E-state index < -0.39 is 10.8 Å². The van der Waals surface area contributed by atoms with Gasteiger partial charge in [-0.05, 0) is 41.3 Å². The Morgan fingerprint density at radius 2 is 1.83 bits per heavy atom. The summed E-state index contributed by atoms with van der Waals surface area (Å²) in [6, 6.07) is 22.4. The molecule has 0 unspecified atom stereocenters.